The Bertz CT molecular complexity index is 112. The molecule has 0 rings (SSSR count). The van der Waals surface area contributed by atoms with E-state index in [2.05, 4.69) is 54.4 Å². The molecule has 0 bridgehead atoms. The van der Waals surface area contributed by atoms with Crippen LogP contribution in [-0.2, 0) is 4.74 Å². The van der Waals surface area contributed by atoms with Crippen molar-refractivity contribution in [2.24, 2.45) is 0 Å². The van der Waals surface area contributed by atoms with Crippen LogP contribution in [0.3, 0.4) is 0 Å². The van der Waals surface area contributed by atoms with Gasteiger partial charge in [-0.25, -0.2) is 0 Å². The van der Waals surface area contributed by atoms with Gasteiger partial charge in [0.1, 0.15) is 0 Å². The summed E-state index contributed by atoms with van der Waals surface area (Å²) >= 11 is 10.4. The van der Waals surface area contributed by atoms with Gasteiger partial charge in [-0.1, -0.05) is 53.9 Å². The van der Waals surface area contributed by atoms with Crippen molar-refractivity contribution in [1.29, 1.82) is 0 Å². The molecule has 0 aromatic carbocycles. The fraction of sp³-hybridized carbons (Fsp3) is 0.714. The molecule has 0 aromatic heterocycles. The Balaban J connectivity index is 3.59. The molecule has 0 aliphatic heterocycles. The number of rotatable bonds is 6. The Hall–Kier alpha value is 1.14. The molecule has 0 radical (unpaired) electrons. The highest BCUT2D eigenvalue weighted by Crippen LogP contribution is 2.23. The van der Waals surface area contributed by atoms with E-state index in [4.69, 9.17) is 4.74 Å². The summed E-state index contributed by atoms with van der Waals surface area (Å²) in [4.78, 5) is 0. The van der Waals surface area contributed by atoms with Crippen molar-refractivity contribution in [3.8, 4) is 0 Å². The molecule has 0 unspecified atom stereocenters. The highest BCUT2D eigenvalue weighted by Gasteiger charge is 2.23. The largest absolute Gasteiger partial charge is 0.376 e. The minimum Gasteiger partial charge on any atom is -0.376 e. The molecule has 0 fully saturated rings. The lowest BCUT2D eigenvalue weighted by atomic mass is 10.2. The van der Waals surface area contributed by atoms with Crippen molar-refractivity contribution in [3.05, 3.63) is 12.7 Å². The molecule has 0 aliphatic carbocycles. The summed E-state index contributed by atoms with van der Waals surface area (Å²) in [5.74, 6) is 0. The first-order valence-electron chi connectivity index (χ1n) is 3.18. The van der Waals surface area contributed by atoms with Crippen molar-refractivity contribution in [2.45, 2.75) is 4.32 Å². The van der Waals surface area contributed by atoms with Crippen LogP contribution in [0.4, 0.5) is 0 Å². The summed E-state index contributed by atoms with van der Waals surface area (Å²) in [5, 5.41) is 1.73. The molecule has 0 aromatic rings. The van der Waals surface area contributed by atoms with Crippen LogP contribution < -0.4 is 0 Å². The van der Waals surface area contributed by atoms with E-state index < -0.39 is 0 Å². The minimum atomic E-state index is 0.00993. The average Bonchev–Trinajstić information content (AvgIpc) is 2.05. The maximum Gasteiger partial charge on any atom is 0.0683 e. The molecule has 0 heterocycles. The summed E-state index contributed by atoms with van der Waals surface area (Å²) in [5.41, 5.74) is 0. The van der Waals surface area contributed by atoms with Crippen LogP contribution in [0.5, 0.6) is 0 Å². The van der Waals surface area contributed by atoms with Gasteiger partial charge >= 0.3 is 0 Å². The molecule has 11 heavy (non-hydrogen) atoms. The summed E-state index contributed by atoms with van der Waals surface area (Å²) < 4.78 is 5.31. The first-order chi connectivity index (χ1) is 5.18. The molecule has 0 spiro atoms. The Kier molecular flexibility index (Phi) is 7.32. The summed E-state index contributed by atoms with van der Waals surface area (Å²) in [6, 6.07) is 0. The lowest BCUT2D eigenvalue weighted by Crippen LogP contribution is -2.31. The number of halogens is 3. The van der Waals surface area contributed by atoms with E-state index in [1.165, 1.54) is 0 Å². The SMILES string of the molecule is C=CCOCC(Br)(CBr)CBr. The van der Waals surface area contributed by atoms with E-state index in [-0.39, 0.29) is 4.32 Å². The maximum atomic E-state index is 5.30. The van der Waals surface area contributed by atoms with Crippen LogP contribution in [0, 0.1) is 0 Å². The van der Waals surface area contributed by atoms with Crippen LogP contribution >= 0.6 is 47.8 Å². The molecular formula is C7H11Br3O. The van der Waals surface area contributed by atoms with E-state index in [0.717, 1.165) is 10.7 Å². The molecule has 0 N–H and O–H groups in total. The summed E-state index contributed by atoms with van der Waals surface area (Å²) in [7, 11) is 0. The Labute approximate surface area is 93.0 Å². The van der Waals surface area contributed by atoms with E-state index in [1.807, 2.05) is 0 Å². The maximum absolute atomic E-state index is 5.30. The number of hydrogen-bond donors (Lipinski definition) is 0. The number of ether oxygens (including phenoxy) is 1. The molecule has 0 atom stereocenters. The average molecular weight is 351 g/mol. The van der Waals surface area contributed by atoms with Crippen LogP contribution in [0.2, 0.25) is 0 Å². The van der Waals surface area contributed by atoms with Crippen molar-refractivity contribution in [2.75, 3.05) is 23.9 Å². The van der Waals surface area contributed by atoms with Gasteiger partial charge in [0.2, 0.25) is 0 Å². The number of alkyl halides is 3. The normalized spacial score (nSPS) is 11.5. The Morgan fingerprint density at radius 3 is 2.27 bits per heavy atom. The predicted octanol–water partition coefficient (Wildman–Crippen LogP) is 3.11. The highest BCUT2D eigenvalue weighted by molar-refractivity contribution is 9.13. The second-order valence-electron chi connectivity index (χ2n) is 2.22. The zero-order chi connectivity index (χ0) is 8.74. The van der Waals surface area contributed by atoms with Gasteiger partial charge in [-0.05, 0) is 0 Å². The van der Waals surface area contributed by atoms with E-state index in [0.29, 0.717) is 13.2 Å². The Morgan fingerprint density at radius 1 is 1.36 bits per heavy atom. The zero-order valence-corrected chi connectivity index (χ0v) is 10.9. The quantitative estimate of drug-likeness (QED) is 0.406. The van der Waals surface area contributed by atoms with Gasteiger partial charge in [-0.15, -0.1) is 6.58 Å². The third-order valence-electron chi connectivity index (χ3n) is 1.08. The van der Waals surface area contributed by atoms with Gasteiger partial charge in [-0.3, -0.25) is 0 Å². The van der Waals surface area contributed by atoms with Crippen molar-refractivity contribution >= 4 is 47.8 Å². The first kappa shape index (κ1) is 12.1. The summed E-state index contributed by atoms with van der Waals surface area (Å²) in [6.07, 6.45) is 1.75. The smallest absolute Gasteiger partial charge is 0.0683 e. The van der Waals surface area contributed by atoms with Crippen LogP contribution in [-0.4, -0.2) is 28.2 Å². The van der Waals surface area contributed by atoms with E-state index in [1.54, 1.807) is 6.08 Å². The molecule has 0 saturated heterocycles. The molecule has 66 valence electrons. The lowest BCUT2D eigenvalue weighted by Gasteiger charge is -2.21. The standard InChI is InChI=1S/C7H11Br3O/c1-2-3-11-6-7(10,4-8)5-9/h2H,1,3-6H2. The minimum absolute atomic E-state index is 0.00993. The topological polar surface area (TPSA) is 9.23 Å². The molecule has 4 heteroatoms. The third kappa shape index (κ3) is 5.39. The van der Waals surface area contributed by atoms with Gasteiger partial charge in [0.15, 0.2) is 0 Å². The fourth-order valence-electron chi connectivity index (χ4n) is 0.438. The van der Waals surface area contributed by atoms with Crippen molar-refractivity contribution < 1.29 is 4.74 Å². The van der Waals surface area contributed by atoms with Crippen LogP contribution in [0.1, 0.15) is 0 Å². The van der Waals surface area contributed by atoms with Gasteiger partial charge in [0.05, 0.1) is 17.5 Å². The van der Waals surface area contributed by atoms with Gasteiger partial charge in [0.25, 0.3) is 0 Å². The Morgan fingerprint density at radius 2 is 1.91 bits per heavy atom. The monoisotopic (exact) mass is 348 g/mol. The molecule has 0 aliphatic rings. The highest BCUT2D eigenvalue weighted by atomic mass is 79.9. The second kappa shape index (κ2) is 6.63. The second-order valence-corrected chi connectivity index (χ2v) is 5.03. The molecular weight excluding hydrogens is 340 g/mol. The third-order valence-corrected chi connectivity index (χ3v) is 5.52. The van der Waals surface area contributed by atoms with Gasteiger partial charge < -0.3 is 4.74 Å². The number of hydrogen-bond acceptors (Lipinski definition) is 1. The van der Waals surface area contributed by atoms with Crippen LogP contribution in [0.25, 0.3) is 0 Å². The molecule has 0 amide bonds. The molecule has 0 saturated carbocycles. The zero-order valence-electron chi connectivity index (χ0n) is 6.16. The van der Waals surface area contributed by atoms with Crippen LogP contribution in [0.15, 0.2) is 12.7 Å². The van der Waals surface area contributed by atoms with Crippen molar-refractivity contribution in [3.63, 3.8) is 0 Å². The van der Waals surface area contributed by atoms with Gasteiger partial charge in [0, 0.05) is 10.7 Å². The first-order valence-corrected chi connectivity index (χ1v) is 6.21. The predicted molar refractivity (Wildman–Crippen MR) is 60.3 cm³/mol. The summed E-state index contributed by atoms with van der Waals surface area (Å²) in [6.45, 7) is 4.85. The fourth-order valence-corrected chi connectivity index (χ4v) is 1.85. The van der Waals surface area contributed by atoms with Gasteiger partial charge in [-0.2, -0.15) is 0 Å². The van der Waals surface area contributed by atoms with E-state index >= 15 is 0 Å². The molecule has 1 nitrogen and oxygen atoms in total. The lowest BCUT2D eigenvalue weighted by molar-refractivity contribution is 0.150. The van der Waals surface area contributed by atoms with Crippen molar-refractivity contribution in [1.82, 2.24) is 0 Å². The van der Waals surface area contributed by atoms with E-state index in [9.17, 15) is 0 Å².